The van der Waals surface area contributed by atoms with E-state index in [4.69, 9.17) is 9.84 Å². The number of nitrogens with one attached hydrogen (secondary N) is 1. The number of aldehydes is 1. The second-order valence-electron chi connectivity index (χ2n) is 5.46. The van der Waals surface area contributed by atoms with Crippen molar-refractivity contribution in [3.8, 4) is 0 Å². The molecule has 0 heterocycles. The van der Waals surface area contributed by atoms with Crippen LogP contribution in [0.15, 0.2) is 59.5 Å². The van der Waals surface area contributed by atoms with Gasteiger partial charge in [0.15, 0.2) is 0 Å². The monoisotopic (exact) mass is 391 g/mol. The molecule has 0 saturated heterocycles. The Balaban J connectivity index is 2.07. The van der Waals surface area contributed by atoms with Gasteiger partial charge in [-0.1, -0.05) is 48.5 Å². The minimum absolute atomic E-state index is 0.00970. The van der Waals surface area contributed by atoms with Crippen LogP contribution in [0, 0.1) is 0 Å². The van der Waals surface area contributed by atoms with Gasteiger partial charge in [0.25, 0.3) is 0 Å². The zero-order valence-corrected chi connectivity index (χ0v) is 14.9. The number of hydrogen-bond acceptors (Lipinski definition) is 6. The Labute approximate surface area is 155 Å². The topological polar surface area (TPSA) is 127 Å². The fourth-order valence-electron chi connectivity index (χ4n) is 2.27. The van der Waals surface area contributed by atoms with Gasteiger partial charge in [-0.05, 0) is 17.2 Å². The van der Waals surface area contributed by atoms with Crippen LogP contribution in [-0.4, -0.2) is 38.3 Å². The second kappa shape index (κ2) is 9.06. The summed E-state index contributed by atoms with van der Waals surface area (Å²) in [6, 6.07) is 14.0. The zero-order chi connectivity index (χ0) is 19.9. The van der Waals surface area contributed by atoms with Gasteiger partial charge in [0.05, 0.1) is 4.90 Å². The van der Waals surface area contributed by atoms with E-state index >= 15 is 0 Å². The van der Waals surface area contributed by atoms with Gasteiger partial charge in [-0.15, -0.1) is 0 Å². The highest BCUT2D eigenvalue weighted by atomic mass is 32.2. The first-order valence-electron chi connectivity index (χ1n) is 7.81. The van der Waals surface area contributed by atoms with E-state index in [1.807, 2.05) is 0 Å². The van der Waals surface area contributed by atoms with Crippen molar-refractivity contribution < 1.29 is 32.6 Å². The quantitative estimate of drug-likeness (QED) is 0.372. The number of hydrogen-bond donors (Lipinski definition) is 2. The fraction of sp³-hybridized carbons (Fsp3) is 0.167. The molecule has 2 aromatic carbocycles. The van der Waals surface area contributed by atoms with Crippen molar-refractivity contribution in [3.05, 3.63) is 65.7 Å². The van der Waals surface area contributed by atoms with Gasteiger partial charge in [-0.25, -0.2) is 8.42 Å². The summed E-state index contributed by atoms with van der Waals surface area (Å²) < 4.78 is 31.9. The van der Waals surface area contributed by atoms with E-state index in [2.05, 4.69) is 4.72 Å². The normalized spacial score (nSPS) is 12.1. The summed E-state index contributed by atoms with van der Waals surface area (Å²) in [5.41, 5.74) is 0.555. The van der Waals surface area contributed by atoms with Crippen molar-refractivity contribution in [2.45, 2.75) is 17.4 Å². The molecule has 0 aliphatic heterocycles. The lowest BCUT2D eigenvalue weighted by atomic mass is 10.0. The number of aliphatic carboxylic acids is 1. The summed E-state index contributed by atoms with van der Waals surface area (Å²) in [5, 5.41) is 9.09. The summed E-state index contributed by atoms with van der Waals surface area (Å²) in [6.07, 6.45) is 0.144. The summed E-state index contributed by atoms with van der Waals surface area (Å²) >= 11 is 0. The van der Waals surface area contributed by atoms with Crippen LogP contribution in [0.3, 0.4) is 0 Å². The van der Waals surface area contributed by atoms with E-state index in [1.165, 1.54) is 18.2 Å². The third-order valence-electron chi connectivity index (χ3n) is 3.59. The average molecular weight is 391 g/mol. The molecule has 2 rings (SSSR count). The molecule has 0 spiro atoms. The molecule has 9 heteroatoms. The Morgan fingerprint density at radius 2 is 1.70 bits per heavy atom. The predicted molar refractivity (Wildman–Crippen MR) is 94.3 cm³/mol. The number of benzene rings is 2. The lowest BCUT2D eigenvalue weighted by Gasteiger charge is -2.13. The predicted octanol–water partition coefficient (Wildman–Crippen LogP) is 1.08. The van der Waals surface area contributed by atoms with Gasteiger partial charge in [-0.3, -0.25) is 9.59 Å². The van der Waals surface area contributed by atoms with Crippen LogP contribution in [0.2, 0.25) is 0 Å². The van der Waals surface area contributed by atoms with Gasteiger partial charge in [0.2, 0.25) is 10.0 Å². The standard InChI is InChI=1S/C18H17NO7S/c20-11-15(18(22)23)14-8-4-5-9-16(14)27(24,25)19-10-17(21)26-12-13-6-2-1-3-7-13/h1-9,11,15,19H,10,12H2,(H,22,23). The second-order valence-corrected chi connectivity index (χ2v) is 7.20. The van der Waals surface area contributed by atoms with Gasteiger partial charge < -0.3 is 14.6 Å². The molecule has 142 valence electrons. The van der Waals surface area contributed by atoms with Crippen molar-refractivity contribution in [1.82, 2.24) is 4.72 Å². The first kappa shape index (κ1) is 20.3. The maximum atomic E-state index is 12.4. The van der Waals surface area contributed by atoms with Crippen LogP contribution < -0.4 is 4.72 Å². The molecular weight excluding hydrogens is 374 g/mol. The fourth-order valence-corrected chi connectivity index (χ4v) is 3.49. The Hall–Kier alpha value is -3.04. The minimum atomic E-state index is -4.23. The molecule has 2 N–H and O–H groups in total. The minimum Gasteiger partial charge on any atom is -0.480 e. The zero-order valence-electron chi connectivity index (χ0n) is 14.1. The van der Waals surface area contributed by atoms with E-state index in [0.717, 1.165) is 11.6 Å². The van der Waals surface area contributed by atoms with Crippen LogP contribution in [0.4, 0.5) is 0 Å². The molecule has 8 nitrogen and oxygen atoms in total. The van der Waals surface area contributed by atoms with Crippen molar-refractivity contribution in [1.29, 1.82) is 0 Å². The molecule has 0 saturated carbocycles. The number of carboxylic acids is 1. The SMILES string of the molecule is O=CC(C(=O)O)c1ccccc1S(=O)(=O)NCC(=O)OCc1ccccc1. The molecule has 0 fully saturated rings. The van der Waals surface area contributed by atoms with Gasteiger partial charge in [0, 0.05) is 0 Å². The van der Waals surface area contributed by atoms with Crippen molar-refractivity contribution in [2.75, 3.05) is 6.54 Å². The third-order valence-corrected chi connectivity index (χ3v) is 5.07. The maximum Gasteiger partial charge on any atom is 0.321 e. The van der Waals surface area contributed by atoms with Crippen LogP contribution in [0.1, 0.15) is 17.0 Å². The number of ether oxygens (including phenoxy) is 1. The molecular formula is C18H17NO7S. The average Bonchev–Trinajstić information content (AvgIpc) is 2.66. The van der Waals surface area contributed by atoms with Gasteiger partial charge in [-0.2, -0.15) is 4.72 Å². The highest BCUT2D eigenvalue weighted by Gasteiger charge is 2.27. The lowest BCUT2D eigenvalue weighted by molar-refractivity contribution is -0.143. The smallest absolute Gasteiger partial charge is 0.321 e. The maximum absolute atomic E-state index is 12.4. The number of carbonyl (C=O) groups is 3. The van der Waals surface area contributed by atoms with Crippen LogP contribution in [0.5, 0.6) is 0 Å². The Kier molecular flexibility index (Phi) is 6.80. The lowest BCUT2D eigenvalue weighted by Crippen LogP contribution is -2.32. The highest BCUT2D eigenvalue weighted by molar-refractivity contribution is 7.89. The molecule has 0 radical (unpaired) electrons. The van der Waals surface area contributed by atoms with Crippen LogP contribution in [0.25, 0.3) is 0 Å². The number of esters is 1. The summed E-state index contributed by atoms with van der Waals surface area (Å²) in [4.78, 5) is 33.6. The molecule has 1 unspecified atom stereocenters. The molecule has 0 aromatic heterocycles. The number of sulfonamides is 1. The number of rotatable bonds is 9. The Morgan fingerprint density at radius 1 is 1.07 bits per heavy atom. The number of carboxylic acid groups (broad SMARTS) is 1. The number of carbonyl (C=O) groups excluding carboxylic acids is 2. The highest BCUT2D eigenvalue weighted by Crippen LogP contribution is 2.23. The summed E-state index contributed by atoms with van der Waals surface area (Å²) in [7, 11) is -4.23. The first-order valence-corrected chi connectivity index (χ1v) is 9.29. The van der Waals surface area contributed by atoms with E-state index in [0.29, 0.717) is 0 Å². The Bertz CT molecular complexity index is 926. The molecule has 27 heavy (non-hydrogen) atoms. The van der Waals surface area contributed by atoms with Crippen molar-refractivity contribution >= 4 is 28.2 Å². The van der Waals surface area contributed by atoms with Crippen molar-refractivity contribution in [3.63, 3.8) is 0 Å². The first-order chi connectivity index (χ1) is 12.8. The van der Waals surface area contributed by atoms with E-state index in [-0.39, 0.29) is 23.4 Å². The molecule has 0 amide bonds. The van der Waals surface area contributed by atoms with Crippen LogP contribution >= 0.6 is 0 Å². The summed E-state index contributed by atoms with van der Waals surface area (Å²) in [5.74, 6) is -3.91. The summed E-state index contributed by atoms with van der Waals surface area (Å²) in [6.45, 7) is -0.646. The largest absolute Gasteiger partial charge is 0.480 e. The van der Waals surface area contributed by atoms with Gasteiger partial charge >= 0.3 is 11.9 Å². The third kappa shape index (κ3) is 5.47. The Morgan fingerprint density at radius 3 is 2.33 bits per heavy atom. The van der Waals surface area contributed by atoms with Gasteiger partial charge in [0.1, 0.15) is 25.4 Å². The molecule has 0 aliphatic rings. The van der Waals surface area contributed by atoms with Crippen molar-refractivity contribution in [2.24, 2.45) is 0 Å². The van der Waals surface area contributed by atoms with Crippen LogP contribution in [-0.2, 0) is 35.8 Å². The molecule has 1 atom stereocenters. The van der Waals surface area contributed by atoms with E-state index in [9.17, 15) is 22.8 Å². The molecule has 2 aromatic rings. The van der Waals surface area contributed by atoms with E-state index in [1.54, 1.807) is 30.3 Å². The van der Waals surface area contributed by atoms with E-state index < -0.39 is 34.4 Å². The molecule has 0 bridgehead atoms. The molecule has 0 aliphatic carbocycles.